The Bertz CT molecular complexity index is 1590. The molecular formula is C32H36N6O5. The number of hydrogen-bond acceptors (Lipinski definition) is 9. The number of fused-ring (bicyclic) bond motifs is 1. The zero-order valence-electron chi connectivity index (χ0n) is 25.0. The molecule has 224 valence electrons. The van der Waals surface area contributed by atoms with Gasteiger partial charge in [0.1, 0.15) is 29.2 Å². The minimum Gasteiger partial charge on any atom is -0.480 e. The van der Waals surface area contributed by atoms with Gasteiger partial charge in [0.05, 0.1) is 10.9 Å². The zero-order chi connectivity index (χ0) is 30.6. The monoisotopic (exact) mass is 584 g/mol. The van der Waals surface area contributed by atoms with Crippen LogP contribution in [-0.4, -0.2) is 74.6 Å². The van der Waals surface area contributed by atoms with E-state index in [9.17, 15) is 9.59 Å². The molecular weight excluding hydrogens is 548 g/mol. The topological polar surface area (TPSA) is 119 Å². The standard InChI is InChI=1S/C32H36N6O5/c1-21-19-23(12-13-25(21)42-27-11-6-7-14-33-27)36-29-28-24(34-20-35-29)9-8-10-26(28)41-22(2)30(39)37-15-17-38(18-16-37)31(40)43-32(3,4)5/h6-14,19-20,22H,15-18H2,1-5H3,(H,34,35,36)/t22-/m1/s1. The van der Waals surface area contributed by atoms with Gasteiger partial charge >= 0.3 is 6.09 Å². The molecule has 0 spiro atoms. The van der Waals surface area contributed by atoms with E-state index in [1.165, 1.54) is 6.33 Å². The van der Waals surface area contributed by atoms with E-state index >= 15 is 0 Å². The lowest BCUT2D eigenvalue weighted by atomic mass is 10.1. The van der Waals surface area contributed by atoms with Crippen LogP contribution in [0.3, 0.4) is 0 Å². The molecule has 1 saturated heterocycles. The molecule has 0 saturated carbocycles. The van der Waals surface area contributed by atoms with Gasteiger partial charge in [-0.05, 0) is 76.6 Å². The highest BCUT2D eigenvalue weighted by molar-refractivity contribution is 5.96. The second-order valence-electron chi connectivity index (χ2n) is 11.3. The Labute approximate surface area is 250 Å². The van der Waals surface area contributed by atoms with Crippen molar-refractivity contribution in [3.8, 4) is 17.4 Å². The SMILES string of the molecule is Cc1cc(Nc2ncnc3cccc(O[C@H](C)C(=O)N4CCN(C(=O)OC(C)(C)C)CC4)c23)ccc1Oc1ccccn1. The summed E-state index contributed by atoms with van der Waals surface area (Å²) < 4.78 is 17.6. The summed E-state index contributed by atoms with van der Waals surface area (Å²) in [6.45, 7) is 10.8. The largest absolute Gasteiger partial charge is 0.480 e. The first kappa shape index (κ1) is 29.6. The lowest BCUT2D eigenvalue weighted by Crippen LogP contribution is -2.54. The van der Waals surface area contributed by atoms with E-state index in [4.69, 9.17) is 14.2 Å². The average Bonchev–Trinajstić information content (AvgIpc) is 2.98. The van der Waals surface area contributed by atoms with Crippen molar-refractivity contribution in [2.75, 3.05) is 31.5 Å². The van der Waals surface area contributed by atoms with Crippen molar-refractivity contribution in [3.63, 3.8) is 0 Å². The molecule has 0 bridgehead atoms. The Morgan fingerprint density at radius 3 is 2.37 bits per heavy atom. The molecule has 2 amide bonds. The summed E-state index contributed by atoms with van der Waals surface area (Å²) in [7, 11) is 0. The molecule has 11 nitrogen and oxygen atoms in total. The van der Waals surface area contributed by atoms with Crippen LogP contribution in [-0.2, 0) is 9.53 Å². The highest BCUT2D eigenvalue weighted by atomic mass is 16.6. The zero-order valence-corrected chi connectivity index (χ0v) is 25.0. The van der Waals surface area contributed by atoms with Gasteiger partial charge in [0, 0.05) is 44.1 Å². The van der Waals surface area contributed by atoms with Crippen LogP contribution in [0, 0.1) is 6.92 Å². The highest BCUT2D eigenvalue weighted by Gasteiger charge is 2.30. The minimum absolute atomic E-state index is 0.161. The number of nitrogens with one attached hydrogen (secondary N) is 1. The molecule has 1 N–H and O–H groups in total. The van der Waals surface area contributed by atoms with Gasteiger partial charge in [0.15, 0.2) is 6.10 Å². The van der Waals surface area contributed by atoms with E-state index in [0.717, 1.165) is 11.3 Å². The molecule has 4 aromatic rings. The number of hydrogen-bond donors (Lipinski definition) is 1. The van der Waals surface area contributed by atoms with Crippen molar-refractivity contribution < 1.29 is 23.8 Å². The molecule has 5 rings (SSSR count). The number of carbonyl (C=O) groups excluding carboxylic acids is 2. The number of ether oxygens (including phenoxy) is 3. The molecule has 3 heterocycles. The van der Waals surface area contributed by atoms with Crippen molar-refractivity contribution in [1.29, 1.82) is 0 Å². The van der Waals surface area contributed by atoms with E-state index in [1.54, 1.807) is 35.1 Å². The number of rotatable bonds is 7. The molecule has 0 radical (unpaired) electrons. The van der Waals surface area contributed by atoms with Crippen molar-refractivity contribution in [2.45, 2.75) is 46.3 Å². The molecule has 11 heteroatoms. The number of pyridine rings is 1. The molecule has 2 aromatic heterocycles. The van der Waals surface area contributed by atoms with Gasteiger partial charge in [-0.15, -0.1) is 0 Å². The normalized spacial score (nSPS) is 14.3. The second kappa shape index (κ2) is 12.5. The molecule has 1 aliphatic heterocycles. The van der Waals surface area contributed by atoms with E-state index in [0.29, 0.717) is 60.3 Å². The number of amides is 2. The van der Waals surface area contributed by atoms with E-state index < -0.39 is 11.7 Å². The number of piperazine rings is 1. The smallest absolute Gasteiger partial charge is 0.410 e. The van der Waals surface area contributed by atoms with Crippen LogP contribution in [0.4, 0.5) is 16.3 Å². The van der Waals surface area contributed by atoms with Crippen molar-refractivity contribution in [1.82, 2.24) is 24.8 Å². The Kier molecular flexibility index (Phi) is 8.61. The molecule has 0 unspecified atom stereocenters. The Morgan fingerprint density at radius 2 is 1.67 bits per heavy atom. The van der Waals surface area contributed by atoms with Crippen LogP contribution >= 0.6 is 0 Å². The number of anilines is 2. The van der Waals surface area contributed by atoms with Crippen LogP contribution in [0.5, 0.6) is 17.4 Å². The van der Waals surface area contributed by atoms with Gasteiger partial charge in [-0.25, -0.2) is 19.7 Å². The van der Waals surface area contributed by atoms with Crippen LogP contribution in [0.15, 0.2) is 67.1 Å². The summed E-state index contributed by atoms with van der Waals surface area (Å²) in [5.74, 6) is 2.08. The predicted molar refractivity (Wildman–Crippen MR) is 163 cm³/mol. The summed E-state index contributed by atoms with van der Waals surface area (Å²) in [5.41, 5.74) is 1.82. The van der Waals surface area contributed by atoms with Crippen LogP contribution in [0.1, 0.15) is 33.3 Å². The Morgan fingerprint density at radius 1 is 0.907 bits per heavy atom. The predicted octanol–water partition coefficient (Wildman–Crippen LogP) is 5.72. The number of carbonyl (C=O) groups is 2. The molecule has 1 fully saturated rings. The summed E-state index contributed by atoms with van der Waals surface area (Å²) in [6.07, 6.45) is 2.03. The summed E-state index contributed by atoms with van der Waals surface area (Å²) in [5, 5.41) is 4.03. The minimum atomic E-state index is -0.767. The Hall–Kier alpha value is -4.93. The number of aromatic nitrogens is 3. The summed E-state index contributed by atoms with van der Waals surface area (Å²) in [4.78, 5) is 42.2. The van der Waals surface area contributed by atoms with E-state index in [1.807, 2.05) is 70.2 Å². The van der Waals surface area contributed by atoms with Crippen molar-refractivity contribution >= 4 is 34.4 Å². The third-order valence-corrected chi connectivity index (χ3v) is 6.81. The number of benzene rings is 2. The van der Waals surface area contributed by atoms with Crippen molar-refractivity contribution in [3.05, 3.63) is 72.7 Å². The fraction of sp³-hybridized carbons (Fsp3) is 0.344. The lowest BCUT2D eigenvalue weighted by molar-refractivity contribution is -0.139. The van der Waals surface area contributed by atoms with Gasteiger partial charge in [0.25, 0.3) is 5.91 Å². The van der Waals surface area contributed by atoms with Crippen LogP contribution in [0.2, 0.25) is 0 Å². The number of aryl methyl sites for hydroxylation is 1. The van der Waals surface area contributed by atoms with E-state index in [-0.39, 0.29) is 12.0 Å². The second-order valence-corrected chi connectivity index (χ2v) is 11.3. The van der Waals surface area contributed by atoms with Gasteiger partial charge < -0.3 is 29.3 Å². The third-order valence-electron chi connectivity index (χ3n) is 6.81. The van der Waals surface area contributed by atoms with Gasteiger partial charge in [-0.3, -0.25) is 4.79 Å². The van der Waals surface area contributed by atoms with Gasteiger partial charge in [-0.1, -0.05) is 12.1 Å². The molecule has 0 aliphatic carbocycles. The van der Waals surface area contributed by atoms with Crippen molar-refractivity contribution in [2.24, 2.45) is 0 Å². The van der Waals surface area contributed by atoms with E-state index in [2.05, 4.69) is 20.3 Å². The Balaban J connectivity index is 1.28. The molecule has 43 heavy (non-hydrogen) atoms. The first-order valence-corrected chi connectivity index (χ1v) is 14.2. The number of nitrogens with zero attached hydrogens (tertiary/aromatic N) is 5. The highest BCUT2D eigenvalue weighted by Crippen LogP contribution is 2.34. The maximum absolute atomic E-state index is 13.3. The summed E-state index contributed by atoms with van der Waals surface area (Å²) >= 11 is 0. The fourth-order valence-electron chi connectivity index (χ4n) is 4.70. The molecule has 1 atom stereocenters. The maximum Gasteiger partial charge on any atom is 0.410 e. The average molecular weight is 585 g/mol. The lowest BCUT2D eigenvalue weighted by Gasteiger charge is -2.36. The van der Waals surface area contributed by atoms with Crippen LogP contribution in [0.25, 0.3) is 10.9 Å². The molecule has 2 aromatic carbocycles. The third kappa shape index (κ3) is 7.29. The first-order valence-electron chi connectivity index (χ1n) is 14.2. The summed E-state index contributed by atoms with van der Waals surface area (Å²) in [6, 6.07) is 16.7. The first-order chi connectivity index (χ1) is 20.6. The van der Waals surface area contributed by atoms with Gasteiger partial charge in [-0.2, -0.15) is 0 Å². The maximum atomic E-state index is 13.3. The fourth-order valence-corrected chi connectivity index (χ4v) is 4.70. The van der Waals surface area contributed by atoms with Crippen LogP contribution < -0.4 is 14.8 Å². The quantitative estimate of drug-likeness (QED) is 0.291. The van der Waals surface area contributed by atoms with Gasteiger partial charge in [0.2, 0.25) is 5.88 Å². The molecule has 1 aliphatic rings.